The molecule has 3 heteroatoms. The first-order valence-electron chi connectivity index (χ1n) is 5.88. The summed E-state index contributed by atoms with van der Waals surface area (Å²) in [6.07, 6.45) is 0. The number of rotatable bonds is 3. The topological polar surface area (TPSA) is 32.3 Å². The number of nitrogens with one attached hydrogen (secondary N) is 1. The van der Waals surface area contributed by atoms with Crippen LogP contribution >= 0.6 is 0 Å². The van der Waals surface area contributed by atoms with Gasteiger partial charge in [0.2, 0.25) is 0 Å². The number of hydrogen-bond acceptors (Lipinski definition) is 2. The molecule has 0 amide bonds. The lowest BCUT2D eigenvalue weighted by Crippen LogP contribution is -2.07. The molecule has 0 saturated carbocycles. The van der Waals surface area contributed by atoms with Crippen LogP contribution in [0.25, 0.3) is 0 Å². The first kappa shape index (κ1) is 12.4. The number of anilines is 1. The van der Waals surface area contributed by atoms with Crippen molar-refractivity contribution in [3.05, 3.63) is 59.4 Å². The van der Waals surface area contributed by atoms with E-state index in [0.717, 1.165) is 11.1 Å². The predicted octanol–water partition coefficient (Wildman–Crippen LogP) is 4.01. The van der Waals surface area contributed by atoms with Crippen molar-refractivity contribution in [2.75, 3.05) is 5.32 Å². The van der Waals surface area contributed by atoms with Gasteiger partial charge in [0, 0.05) is 11.3 Å². The number of aryl methyl sites for hydroxylation is 1. The molecule has 0 heterocycles. The molecule has 0 saturated heterocycles. The normalized spacial score (nSPS) is 12.2. The molecule has 2 aromatic rings. The van der Waals surface area contributed by atoms with Crippen molar-refractivity contribution in [1.29, 1.82) is 0 Å². The van der Waals surface area contributed by atoms with Gasteiger partial charge in [-0.2, -0.15) is 0 Å². The van der Waals surface area contributed by atoms with E-state index < -0.39 is 0 Å². The highest BCUT2D eigenvalue weighted by Gasteiger charge is 2.09. The van der Waals surface area contributed by atoms with E-state index >= 15 is 0 Å². The highest BCUT2D eigenvalue weighted by atomic mass is 19.1. The van der Waals surface area contributed by atoms with Crippen LogP contribution in [0, 0.1) is 12.7 Å². The third kappa shape index (κ3) is 2.80. The molecule has 0 aliphatic carbocycles. The summed E-state index contributed by atoms with van der Waals surface area (Å²) in [5.74, 6) is -0.0207. The third-order valence-electron chi connectivity index (χ3n) is 2.83. The van der Waals surface area contributed by atoms with Gasteiger partial charge in [-0.05, 0) is 43.7 Å². The van der Waals surface area contributed by atoms with Gasteiger partial charge in [0.05, 0.1) is 6.04 Å². The average molecular weight is 245 g/mol. The first-order valence-corrected chi connectivity index (χ1v) is 5.88. The number of phenols is 1. The lowest BCUT2D eigenvalue weighted by atomic mass is 10.1. The highest BCUT2D eigenvalue weighted by Crippen LogP contribution is 2.27. The lowest BCUT2D eigenvalue weighted by Gasteiger charge is -2.17. The molecular formula is C15H16FNO. The van der Waals surface area contributed by atoms with Crippen molar-refractivity contribution >= 4 is 5.69 Å². The predicted molar refractivity (Wildman–Crippen MR) is 71.3 cm³/mol. The van der Waals surface area contributed by atoms with Crippen molar-refractivity contribution in [2.24, 2.45) is 0 Å². The van der Waals surface area contributed by atoms with Crippen molar-refractivity contribution in [1.82, 2.24) is 0 Å². The molecular weight excluding hydrogens is 229 g/mol. The number of phenolic OH excluding ortho intramolecular Hbond substituents is 1. The minimum atomic E-state index is -0.262. The van der Waals surface area contributed by atoms with E-state index in [2.05, 4.69) is 5.32 Å². The second kappa shape index (κ2) is 5.08. The largest absolute Gasteiger partial charge is 0.508 e. The van der Waals surface area contributed by atoms with Crippen LogP contribution in [-0.4, -0.2) is 5.11 Å². The first-order chi connectivity index (χ1) is 8.56. The van der Waals surface area contributed by atoms with Gasteiger partial charge in [-0.1, -0.05) is 18.2 Å². The molecule has 2 aromatic carbocycles. The smallest absolute Gasteiger partial charge is 0.125 e. The number of para-hydroxylation sites is 1. The number of benzene rings is 2. The van der Waals surface area contributed by atoms with Gasteiger partial charge >= 0.3 is 0 Å². The second-order valence-electron chi connectivity index (χ2n) is 4.44. The summed E-state index contributed by atoms with van der Waals surface area (Å²) in [5, 5.41) is 12.9. The Morgan fingerprint density at radius 2 is 1.89 bits per heavy atom. The molecule has 0 aromatic heterocycles. The Morgan fingerprint density at radius 1 is 1.17 bits per heavy atom. The molecule has 0 radical (unpaired) electrons. The summed E-state index contributed by atoms with van der Waals surface area (Å²) in [7, 11) is 0. The Bertz CT molecular complexity index is 534. The maximum Gasteiger partial charge on any atom is 0.125 e. The lowest BCUT2D eigenvalue weighted by molar-refractivity contribution is 0.465. The third-order valence-corrected chi connectivity index (χ3v) is 2.83. The van der Waals surface area contributed by atoms with E-state index in [1.54, 1.807) is 12.1 Å². The van der Waals surface area contributed by atoms with Gasteiger partial charge in [-0.15, -0.1) is 0 Å². The fourth-order valence-corrected chi connectivity index (χ4v) is 2.00. The summed E-state index contributed by atoms with van der Waals surface area (Å²) in [6, 6.07) is 11.8. The molecule has 1 unspecified atom stereocenters. The molecule has 0 fully saturated rings. The summed E-state index contributed by atoms with van der Waals surface area (Å²) < 4.78 is 13.3. The summed E-state index contributed by atoms with van der Waals surface area (Å²) in [5.41, 5.74) is 2.37. The zero-order chi connectivity index (χ0) is 13.1. The summed E-state index contributed by atoms with van der Waals surface area (Å²) in [4.78, 5) is 0. The van der Waals surface area contributed by atoms with Crippen LogP contribution < -0.4 is 5.32 Å². The minimum Gasteiger partial charge on any atom is -0.508 e. The quantitative estimate of drug-likeness (QED) is 0.856. The molecule has 2 N–H and O–H groups in total. The Balaban J connectivity index is 2.21. The van der Waals surface area contributed by atoms with Crippen LogP contribution in [-0.2, 0) is 0 Å². The zero-order valence-electron chi connectivity index (χ0n) is 10.4. The maximum absolute atomic E-state index is 13.3. The number of hydrogen-bond donors (Lipinski definition) is 2. The van der Waals surface area contributed by atoms with E-state index in [-0.39, 0.29) is 17.6 Å². The van der Waals surface area contributed by atoms with Gasteiger partial charge in [-0.3, -0.25) is 0 Å². The van der Waals surface area contributed by atoms with E-state index in [1.165, 1.54) is 12.1 Å². The Labute approximate surface area is 106 Å². The molecule has 0 spiro atoms. The molecule has 0 aliphatic rings. The standard InChI is InChI=1S/C15H16FNO/c1-10-7-12(16)9-13(8-10)17-11(2)14-5-3-4-6-15(14)18/h3-9,11,17-18H,1-2H3. The summed E-state index contributed by atoms with van der Waals surface area (Å²) >= 11 is 0. The average Bonchev–Trinajstić information content (AvgIpc) is 2.27. The zero-order valence-corrected chi connectivity index (χ0v) is 10.4. The van der Waals surface area contributed by atoms with E-state index in [4.69, 9.17) is 0 Å². The molecule has 2 rings (SSSR count). The van der Waals surface area contributed by atoms with Crippen LogP contribution in [0.15, 0.2) is 42.5 Å². The molecule has 94 valence electrons. The van der Waals surface area contributed by atoms with Crippen molar-refractivity contribution in [3.63, 3.8) is 0 Å². The molecule has 18 heavy (non-hydrogen) atoms. The number of halogens is 1. The second-order valence-corrected chi connectivity index (χ2v) is 4.44. The minimum absolute atomic E-state index is 0.0904. The van der Waals surface area contributed by atoms with Crippen LogP contribution in [0.5, 0.6) is 5.75 Å². The fraction of sp³-hybridized carbons (Fsp3) is 0.200. The van der Waals surface area contributed by atoms with E-state index in [0.29, 0.717) is 5.69 Å². The molecule has 2 nitrogen and oxygen atoms in total. The monoisotopic (exact) mass is 245 g/mol. The van der Waals surface area contributed by atoms with E-state index in [9.17, 15) is 9.50 Å². The van der Waals surface area contributed by atoms with Gasteiger partial charge in [0.15, 0.2) is 0 Å². The van der Waals surface area contributed by atoms with Crippen LogP contribution in [0.1, 0.15) is 24.1 Å². The summed E-state index contributed by atoms with van der Waals surface area (Å²) in [6.45, 7) is 3.77. The highest BCUT2D eigenvalue weighted by molar-refractivity contribution is 5.49. The van der Waals surface area contributed by atoms with Crippen molar-refractivity contribution in [2.45, 2.75) is 19.9 Å². The van der Waals surface area contributed by atoms with E-state index in [1.807, 2.05) is 32.0 Å². The van der Waals surface area contributed by atoms with Crippen LogP contribution in [0.4, 0.5) is 10.1 Å². The molecule has 0 aliphatic heterocycles. The Morgan fingerprint density at radius 3 is 2.56 bits per heavy atom. The van der Waals surface area contributed by atoms with Crippen molar-refractivity contribution < 1.29 is 9.50 Å². The van der Waals surface area contributed by atoms with Crippen LogP contribution in [0.2, 0.25) is 0 Å². The van der Waals surface area contributed by atoms with Gasteiger partial charge in [-0.25, -0.2) is 4.39 Å². The molecule has 1 atom stereocenters. The fourth-order valence-electron chi connectivity index (χ4n) is 2.00. The van der Waals surface area contributed by atoms with Gasteiger partial charge < -0.3 is 10.4 Å². The van der Waals surface area contributed by atoms with Gasteiger partial charge in [0.1, 0.15) is 11.6 Å². The Hall–Kier alpha value is -2.03. The molecule has 0 bridgehead atoms. The van der Waals surface area contributed by atoms with Crippen molar-refractivity contribution in [3.8, 4) is 5.75 Å². The van der Waals surface area contributed by atoms with Gasteiger partial charge in [0.25, 0.3) is 0 Å². The Kier molecular flexibility index (Phi) is 3.51. The van der Waals surface area contributed by atoms with Crippen LogP contribution in [0.3, 0.4) is 0 Å². The SMILES string of the molecule is Cc1cc(F)cc(NC(C)c2ccccc2O)c1. The maximum atomic E-state index is 13.3. The number of aromatic hydroxyl groups is 1.